The fourth-order valence-electron chi connectivity index (χ4n) is 4.71. The van der Waals surface area contributed by atoms with Gasteiger partial charge in [-0.2, -0.15) is 15.8 Å². The first-order valence-corrected chi connectivity index (χ1v) is 10.1. The Labute approximate surface area is 182 Å². The van der Waals surface area contributed by atoms with E-state index in [1.165, 1.54) is 0 Å². The Morgan fingerprint density at radius 2 is 1.63 bits per heavy atom. The molecule has 148 valence electrons. The third kappa shape index (κ3) is 2.21. The molecule has 0 spiro atoms. The van der Waals surface area contributed by atoms with Crippen molar-refractivity contribution in [1.29, 1.82) is 21.2 Å². The summed E-state index contributed by atoms with van der Waals surface area (Å²) in [5.74, 6) is -2.67. The van der Waals surface area contributed by atoms with Crippen molar-refractivity contribution in [3.63, 3.8) is 0 Å². The summed E-state index contributed by atoms with van der Waals surface area (Å²) in [4.78, 5) is 0. The Kier molecular flexibility index (Phi) is 4.47. The van der Waals surface area contributed by atoms with Crippen molar-refractivity contribution in [3.05, 3.63) is 69.7 Å². The quantitative estimate of drug-likeness (QED) is 0.686. The normalized spacial score (nSPS) is 31.1. The number of hydrogen-bond donors (Lipinski definition) is 1. The molecule has 2 fully saturated rings. The third-order valence-electron chi connectivity index (χ3n) is 6.39. The van der Waals surface area contributed by atoms with Gasteiger partial charge in [-0.25, -0.2) is 0 Å². The summed E-state index contributed by atoms with van der Waals surface area (Å²) >= 11 is 3.41. The van der Waals surface area contributed by atoms with Crippen molar-refractivity contribution in [1.82, 2.24) is 0 Å². The molecule has 0 radical (unpaired) electrons. The van der Waals surface area contributed by atoms with Crippen LogP contribution in [-0.2, 0) is 15.3 Å². The van der Waals surface area contributed by atoms with Gasteiger partial charge in [0.1, 0.15) is 6.10 Å². The molecule has 0 saturated carbocycles. The predicted molar refractivity (Wildman–Crippen MR) is 111 cm³/mol. The molecule has 1 N–H and O–H groups in total. The lowest BCUT2D eigenvalue weighted by Crippen LogP contribution is -2.57. The monoisotopic (exact) mass is 460 g/mol. The van der Waals surface area contributed by atoms with Gasteiger partial charge in [-0.3, -0.25) is 5.41 Å². The van der Waals surface area contributed by atoms with Crippen molar-refractivity contribution < 1.29 is 9.47 Å². The number of benzene rings is 2. The Hall–Kier alpha value is -3.18. The number of aryl methyl sites for hydroxylation is 1. The van der Waals surface area contributed by atoms with Crippen molar-refractivity contribution in [2.75, 3.05) is 0 Å². The second kappa shape index (κ2) is 6.67. The molecule has 2 aromatic carbocycles. The van der Waals surface area contributed by atoms with Crippen LogP contribution >= 0.6 is 15.9 Å². The Morgan fingerprint density at radius 3 is 2.20 bits per heavy atom. The summed E-state index contributed by atoms with van der Waals surface area (Å²) in [7, 11) is 0. The molecule has 0 aromatic heterocycles. The fourth-order valence-corrected chi connectivity index (χ4v) is 4.97. The minimum absolute atomic E-state index is 0.417. The summed E-state index contributed by atoms with van der Waals surface area (Å²) in [6.07, 6.45) is -1.09. The molecule has 0 aliphatic carbocycles. The third-order valence-corrected chi connectivity index (χ3v) is 6.91. The highest BCUT2D eigenvalue weighted by Crippen LogP contribution is 2.69. The Bertz CT molecular complexity index is 1160. The van der Waals surface area contributed by atoms with Crippen LogP contribution in [0.4, 0.5) is 0 Å². The van der Waals surface area contributed by atoms with Gasteiger partial charge in [0.25, 0.3) is 0 Å². The Morgan fingerprint density at radius 1 is 1.00 bits per heavy atom. The predicted octanol–water partition coefficient (Wildman–Crippen LogP) is 4.87. The Balaban J connectivity index is 2.06. The number of halogens is 1. The molecule has 30 heavy (non-hydrogen) atoms. The number of nitriles is 3. The van der Waals surface area contributed by atoms with E-state index in [0.717, 1.165) is 10.0 Å². The van der Waals surface area contributed by atoms with E-state index in [0.29, 0.717) is 11.1 Å². The standard InChI is InChI=1S/C23H17BrN4O2/c1-14-5-3-4-6-18(14)19-21(11-25,12-26)22(13-27)15(2)23(29-19,30-20(22)28)16-7-9-17(24)10-8-16/h3-10,15,19,28H,1-2H3. The molecule has 2 aliphatic heterocycles. The van der Waals surface area contributed by atoms with Gasteiger partial charge in [0.15, 0.2) is 5.41 Å². The SMILES string of the molecule is Cc1ccccc1C1OC2(c3ccc(Br)cc3)OC(=N)C(C#N)(C2C)C1(C#N)C#N. The van der Waals surface area contributed by atoms with Gasteiger partial charge >= 0.3 is 0 Å². The van der Waals surface area contributed by atoms with E-state index in [1.807, 2.05) is 31.2 Å². The van der Waals surface area contributed by atoms with Crippen LogP contribution < -0.4 is 0 Å². The van der Waals surface area contributed by atoms with E-state index in [1.54, 1.807) is 31.2 Å². The van der Waals surface area contributed by atoms with E-state index in [4.69, 9.17) is 14.9 Å². The molecule has 6 nitrogen and oxygen atoms in total. The van der Waals surface area contributed by atoms with Crippen LogP contribution in [0.1, 0.15) is 29.7 Å². The van der Waals surface area contributed by atoms with E-state index < -0.39 is 34.5 Å². The van der Waals surface area contributed by atoms with E-state index in [-0.39, 0.29) is 0 Å². The van der Waals surface area contributed by atoms with Crippen LogP contribution in [0.15, 0.2) is 53.0 Å². The summed E-state index contributed by atoms with van der Waals surface area (Å²) in [6, 6.07) is 20.8. The lowest BCUT2D eigenvalue weighted by Gasteiger charge is -2.49. The summed E-state index contributed by atoms with van der Waals surface area (Å²) < 4.78 is 13.3. The van der Waals surface area contributed by atoms with E-state index in [9.17, 15) is 15.8 Å². The van der Waals surface area contributed by atoms with Gasteiger partial charge in [-0.1, -0.05) is 59.3 Å². The number of hydrogen-bond acceptors (Lipinski definition) is 6. The smallest absolute Gasteiger partial charge is 0.244 e. The van der Waals surface area contributed by atoms with Gasteiger partial charge in [-0.15, -0.1) is 0 Å². The lowest BCUT2D eigenvalue weighted by atomic mass is 9.53. The van der Waals surface area contributed by atoms with Crippen LogP contribution in [0, 0.1) is 63.1 Å². The highest BCUT2D eigenvalue weighted by atomic mass is 79.9. The lowest BCUT2D eigenvalue weighted by molar-refractivity contribution is -0.288. The van der Waals surface area contributed by atoms with Gasteiger partial charge in [0.05, 0.1) is 24.1 Å². The van der Waals surface area contributed by atoms with Crippen molar-refractivity contribution in [2.24, 2.45) is 16.7 Å². The van der Waals surface area contributed by atoms with Crippen molar-refractivity contribution >= 4 is 21.8 Å². The van der Waals surface area contributed by atoms with Crippen LogP contribution in [-0.4, -0.2) is 5.90 Å². The first kappa shape index (κ1) is 20.1. The van der Waals surface area contributed by atoms with Crippen molar-refractivity contribution in [2.45, 2.75) is 25.7 Å². The largest absolute Gasteiger partial charge is 0.443 e. The topological polar surface area (TPSA) is 114 Å². The average Bonchev–Trinajstić information content (AvgIpc) is 2.91. The fraction of sp³-hybridized carbons (Fsp3) is 0.304. The maximum absolute atomic E-state index is 10.3. The van der Waals surface area contributed by atoms with Crippen LogP contribution in [0.3, 0.4) is 0 Å². The second-order valence-electron chi connectivity index (χ2n) is 7.63. The van der Waals surface area contributed by atoms with Crippen molar-refractivity contribution in [3.8, 4) is 18.2 Å². The number of ether oxygens (including phenoxy) is 2. The van der Waals surface area contributed by atoms with E-state index in [2.05, 4.69) is 34.1 Å². The molecule has 2 aliphatic rings. The average molecular weight is 461 g/mol. The molecule has 2 heterocycles. The van der Waals surface area contributed by atoms with Crippen LogP contribution in [0.2, 0.25) is 0 Å². The van der Waals surface area contributed by atoms with E-state index >= 15 is 0 Å². The van der Waals surface area contributed by atoms with Gasteiger partial charge in [-0.05, 0) is 30.2 Å². The highest BCUT2D eigenvalue weighted by Gasteiger charge is 2.79. The first-order valence-electron chi connectivity index (χ1n) is 9.34. The molecular weight excluding hydrogens is 444 g/mol. The maximum Gasteiger partial charge on any atom is 0.244 e. The summed E-state index contributed by atoms with van der Waals surface area (Å²) in [5, 5.41) is 39.4. The van der Waals surface area contributed by atoms with Gasteiger partial charge in [0.2, 0.25) is 17.1 Å². The summed E-state index contributed by atoms with van der Waals surface area (Å²) in [6.45, 7) is 3.56. The molecule has 2 aromatic rings. The number of rotatable bonds is 2. The molecule has 2 bridgehead atoms. The van der Waals surface area contributed by atoms with Crippen LogP contribution in [0.5, 0.6) is 0 Å². The molecule has 7 heteroatoms. The van der Waals surface area contributed by atoms with Gasteiger partial charge < -0.3 is 9.47 Å². The summed E-state index contributed by atoms with van der Waals surface area (Å²) in [5.41, 5.74) is -1.71. The minimum atomic E-state index is -1.96. The molecular formula is C23H17BrN4O2. The zero-order valence-corrected chi connectivity index (χ0v) is 17.9. The molecule has 4 atom stereocenters. The second-order valence-corrected chi connectivity index (χ2v) is 8.55. The van der Waals surface area contributed by atoms with Gasteiger partial charge in [0, 0.05) is 10.0 Å². The van der Waals surface area contributed by atoms with Crippen LogP contribution in [0.25, 0.3) is 0 Å². The molecule has 4 rings (SSSR count). The molecule has 0 amide bonds. The number of nitrogens with zero attached hydrogens (tertiary/aromatic N) is 3. The molecule has 2 saturated heterocycles. The zero-order valence-electron chi connectivity index (χ0n) is 16.3. The first-order chi connectivity index (χ1) is 14.3. The number of fused-ring (bicyclic) bond motifs is 2. The zero-order chi connectivity index (χ0) is 21.7. The minimum Gasteiger partial charge on any atom is -0.443 e. The molecule has 4 unspecified atom stereocenters. The maximum atomic E-state index is 10.3. The number of nitrogens with one attached hydrogen (secondary N) is 1. The highest BCUT2D eigenvalue weighted by molar-refractivity contribution is 9.10.